The number of carbonyl (C=O) groups excluding carboxylic acids is 1. The van der Waals surface area contributed by atoms with Crippen LogP contribution in [0.15, 0.2) is 29.4 Å². The summed E-state index contributed by atoms with van der Waals surface area (Å²) in [7, 11) is 1.34. The molecule has 3 rings (SSSR count). The van der Waals surface area contributed by atoms with Gasteiger partial charge in [0, 0.05) is 6.20 Å². The van der Waals surface area contributed by atoms with Crippen LogP contribution in [-0.2, 0) is 11.2 Å². The maximum atomic E-state index is 12.1. The van der Waals surface area contributed by atoms with Gasteiger partial charge in [0.15, 0.2) is 11.6 Å². The number of nitrogens with zero attached hydrogens (tertiary/aromatic N) is 2. The zero-order valence-electron chi connectivity index (χ0n) is 21.3. The number of carboxylic acid groups (broad SMARTS) is 2. The van der Waals surface area contributed by atoms with Gasteiger partial charge in [0.1, 0.15) is 16.8 Å². The first-order valence-electron chi connectivity index (χ1n) is 10.3. The normalized spacial score (nSPS) is 16.5. The zero-order valence-corrected chi connectivity index (χ0v) is 24.9. The van der Waals surface area contributed by atoms with E-state index in [2.05, 4.69) is 15.3 Å². The van der Waals surface area contributed by atoms with E-state index in [0.29, 0.717) is 6.42 Å². The largest absolute Gasteiger partial charge is 1.00 e. The quantitative estimate of drug-likeness (QED) is 0.463. The molecule has 1 amide bonds. The molecule has 9 nitrogen and oxygen atoms in total. The number of amidine groups is 1. The van der Waals surface area contributed by atoms with Crippen LogP contribution in [0, 0.1) is 5.92 Å². The number of aryl methyl sites for hydroxylation is 1. The van der Waals surface area contributed by atoms with Gasteiger partial charge >= 0.3 is 63.3 Å². The van der Waals surface area contributed by atoms with Gasteiger partial charge in [0.25, 0.3) is 5.91 Å². The summed E-state index contributed by atoms with van der Waals surface area (Å²) >= 11 is 11.4. The molecule has 0 fully saturated rings. The van der Waals surface area contributed by atoms with E-state index in [1.807, 2.05) is 20.8 Å². The molecule has 3 N–H and O–H groups in total. The third-order valence-electron chi connectivity index (χ3n) is 5.44. The van der Waals surface area contributed by atoms with Crippen molar-refractivity contribution in [1.29, 1.82) is 0 Å². The molecule has 0 radical (unpaired) electrons. The van der Waals surface area contributed by atoms with Crippen LogP contribution in [0.5, 0.6) is 5.75 Å². The first kappa shape index (κ1) is 31.5. The summed E-state index contributed by atoms with van der Waals surface area (Å²) in [5.74, 6) is -2.16. The van der Waals surface area contributed by atoms with Crippen molar-refractivity contribution in [1.82, 2.24) is 10.3 Å². The van der Waals surface area contributed by atoms with Crippen molar-refractivity contribution in [3.63, 3.8) is 0 Å². The first-order chi connectivity index (χ1) is 15.9. The van der Waals surface area contributed by atoms with Gasteiger partial charge < -0.3 is 21.7 Å². The number of hydrogen-bond acceptors (Lipinski definition) is 6. The number of carbonyl (C=O) groups is 3. The van der Waals surface area contributed by atoms with Crippen LogP contribution in [0.1, 0.15) is 61.1 Å². The van der Waals surface area contributed by atoms with E-state index in [9.17, 15) is 19.5 Å². The molecular weight excluding hydrogens is 524 g/mol. The predicted molar refractivity (Wildman–Crippen MR) is 130 cm³/mol. The van der Waals surface area contributed by atoms with E-state index < -0.39 is 17.5 Å². The molecule has 12 heteroatoms. The Bertz CT molecular complexity index is 1180. The number of nitrogens with one attached hydrogen (secondary N) is 1. The zero-order chi connectivity index (χ0) is 25.8. The van der Waals surface area contributed by atoms with Crippen LogP contribution >= 0.6 is 23.2 Å². The fourth-order valence-corrected chi connectivity index (χ4v) is 3.50. The molecule has 2 heterocycles. The van der Waals surface area contributed by atoms with Crippen molar-refractivity contribution in [2.45, 2.75) is 39.7 Å². The Kier molecular flexibility index (Phi) is 11.8. The summed E-state index contributed by atoms with van der Waals surface area (Å²) in [6.45, 7) is 7.46. The molecule has 0 bridgehead atoms. The Balaban J connectivity index is 0.000000711. The molecule has 1 aliphatic heterocycles. The second-order valence-electron chi connectivity index (χ2n) is 7.86. The predicted octanol–water partition coefficient (Wildman–Crippen LogP) is 1.45. The average molecular weight is 550 g/mol. The molecule has 0 saturated carbocycles. The molecule has 1 aromatic carbocycles. The molecule has 0 saturated heterocycles. The van der Waals surface area contributed by atoms with Crippen LogP contribution in [0.3, 0.4) is 0 Å². The van der Waals surface area contributed by atoms with E-state index in [1.54, 1.807) is 19.2 Å². The Hall–Kier alpha value is -1.53. The van der Waals surface area contributed by atoms with Gasteiger partial charge in [-0.3, -0.25) is 9.78 Å². The van der Waals surface area contributed by atoms with Crippen LogP contribution in [0.4, 0.5) is 0 Å². The number of methoxy groups -OCH3 is 1. The van der Waals surface area contributed by atoms with Crippen molar-refractivity contribution in [3.05, 3.63) is 56.8 Å². The Labute approximate surface area is 257 Å². The maximum absolute atomic E-state index is 12.1. The topological polar surface area (TPSA) is 138 Å². The van der Waals surface area contributed by atoms with Crippen molar-refractivity contribution >= 4 is 46.9 Å². The molecule has 1 atom stereocenters. The molecule has 35 heavy (non-hydrogen) atoms. The van der Waals surface area contributed by atoms with E-state index >= 15 is 0 Å². The minimum absolute atomic E-state index is 0. The third-order valence-corrected chi connectivity index (χ3v) is 6.06. The van der Waals surface area contributed by atoms with Crippen molar-refractivity contribution in [3.8, 4) is 5.75 Å². The summed E-state index contributed by atoms with van der Waals surface area (Å²) in [5, 5.41) is 21.1. The number of benzene rings is 1. The molecule has 1 aromatic heterocycles. The number of carboxylic acids is 2. The van der Waals surface area contributed by atoms with Crippen LogP contribution < -0.4 is 61.4 Å². The Morgan fingerprint density at radius 3 is 2.23 bits per heavy atom. The SMILES string of the molecule is CCc1cnc(C2=NC(C)(C(C)C)C(=O)N2)c(C(=O)O)c1.COc1c(Cl)ccc(Cl)c1C(=O)O.[H-].[K+]. The van der Waals surface area contributed by atoms with Crippen molar-refractivity contribution < 1.29 is 82.1 Å². The van der Waals surface area contributed by atoms with Gasteiger partial charge in [0.05, 0.1) is 22.7 Å². The average Bonchev–Trinajstić information content (AvgIpc) is 3.10. The van der Waals surface area contributed by atoms with E-state index in [1.165, 1.54) is 19.2 Å². The number of aromatic nitrogens is 1. The summed E-state index contributed by atoms with van der Waals surface area (Å²) in [4.78, 5) is 42.9. The standard InChI is InChI=1S/C15H19N3O3.C8H6Cl2O3.K.H/c1-5-9-6-10(13(19)20)11(16-7-9)12-17-14(21)15(4,18-12)8(2)3;1-13-7-5(10)3-2-4(9)6(7)8(11)12;;/h6-8H,5H2,1-4H3,(H,19,20)(H,17,18,21);2-3H,1H3,(H,11,12);;/q;;+1;-1. The molecule has 0 aliphatic carbocycles. The van der Waals surface area contributed by atoms with Crippen molar-refractivity contribution in [2.75, 3.05) is 7.11 Å². The number of aromatic carboxylic acids is 2. The third kappa shape index (κ3) is 7.03. The van der Waals surface area contributed by atoms with Gasteiger partial charge in [-0.25, -0.2) is 14.6 Å². The molecule has 1 aliphatic rings. The fourth-order valence-electron chi connectivity index (χ4n) is 3.03. The van der Waals surface area contributed by atoms with E-state index in [0.717, 1.165) is 5.56 Å². The number of aliphatic imine (C=N–C) groups is 1. The van der Waals surface area contributed by atoms with Crippen LogP contribution in [0.25, 0.3) is 0 Å². The van der Waals surface area contributed by atoms with Crippen molar-refractivity contribution in [2.24, 2.45) is 10.9 Å². The minimum atomic E-state index is -1.16. The van der Waals surface area contributed by atoms with Gasteiger partial charge in [-0.05, 0) is 43.0 Å². The molecule has 2 aromatic rings. The van der Waals surface area contributed by atoms with Gasteiger partial charge in [-0.1, -0.05) is 44.0 Å². The summed E-state index contributed by atoms with van der Waals surface area (Å²) in [6, 6.07) is 4.47. The number of rotatable bonds is 6. The summed E-state index contributed by atoms with van der Waals surface area (Å²) in [5.41, 5.74) is 0.0825. The second kappa shape index (κ2) is 13.1. The van der Waals surface area contributed by atoms with Gasteiger partial charge in [0.2, 0.25) is 0 Å². The maximum Gasteiger partial charge on any atom is 1.00 e. The van der Waals surface area contributed by atoms with Crippen LogP contribution in [0.2, 0.25) is 10.0 Å². The molecule has 1 unspecified atom stereocenters. The smallest absolute Gasteiger partial charge is 1.00 e. The van der Waals surface area contributed by atoms with Crippen LogP contribution in [-0.4, -0.2) is 51.5 Å². The Morgan fingerprint density at radius 1 is 1.20 bits per heavy atom. The van der Waals surface area contributed by atoms with E-state index in [-0.39, 0.29) is 103 Å². The number of pyridine rings is 1. The first-order valence-corrected chi connectivity index (χ1v) is 11.0. The number of ether oxygens (including phenoxy) is 1. The number of amides is 1. The number of halogens is 2. The molecule has 184 valence electrons. The fraction of sp³-hybridized carbons (Fsp3) is 0.348. The minimum Gasteiger partial charge on any atom is -1.00 e. The molecular formula is C23H26Cl2KN3O6. The summed E-state index contributed by atoms with van der Waals surface area (Å²) < 4.78 is 4.82. The van der Waals surface area contributed by atoms with Gasteiger partial charge in [-0.15, -0.1) is 0 Å². The molecule has 0 spiro atoms. The number of hydrogen-bond donors (Lipinski definition) is 3. The summed E-state index contributed by atoms with van der Waals surface area (Å²) in [6.07, 6.45) is 2.30. The second-order valence-corrected chi connectivity index (χ2v) is 8.67. The Morgan fingerprint density at radius 2 is 1.80 bits per heavy atom. The monoisotopic (exact) mass is 549 g/mol. The van der Waals surface area contributed by atoms with E-state index in [4.69, 9.17) is 33.0 Å². The van der Waals surface area contributed by atoms with Gasteiger partial charge in [-0.2, -0.15) is 0 Å².